The predicted molar refractivity (Wildman–Crippen MR) is 77.5 cm³/mol. The SMILES string of the molecule is Nc1nc(NCC(O)C2CC2)nc(N2CCCCC2)n1. The lowest BCUT2D eigenvalue weighted by molar-refractivity contribution is 0.164. The minimum atomic E-state index is -0.327. The molecule has 0 radical (unpaired) electrons. The second kappa shape index (κ2) is 5.78. The summed E-state index contributed by atoms with van der Waals surface area (Å²) in [6.07, 6.45) is 5.48. The Kier molecular flexibility index (Phi) is 3.86. The number of nitrogens with one attached hydrogen (secondary N) is 1. The number of aliphatic hydroxyl groups excluding tert-OH is 1. The predicted octanol–water partition coefficient (Wildman–Crippen LogP) is 0.627. The number of anilines is 3. The molecule has 1 aromatic heterocycles. The molecule has 3 rings (SSSR count). The van der Waals surface area contributed by atoms with Crippen LogP contribution in [0, 0.1) is 5.92 Å². The van der Waals surface area contributed by atoms with E-state index in [0.29, 0.717) is 24.4 Å². The van der Waals surface area contributed by atoms with Gasteiger partial charge in [-0.1, -0.05) is 0 Å². The molecule has 4 N–H and O–H groups in total. The molecule has 0 aromatic carbocycles. The zero-order valence-electron chi connectivity index (χ0n) is 11.6. The molecule has 1 aliphatic heterocycles. The van der Waals surface area contributed by atoms with Crippen molar-refractivity contribution in [2.45, 2.75) is 38.2 Å². The minimum Gasteiger partial charge on any atom is -0.391 e. The maximum absolute atomic E-state index is 9.86. The van der Waals surface area contributed by atoms with Crippen LogP contribution in [0.2, 0.25) is 0 Å². The van der Waals surface area contributed by atoms with Gasteiger partial charge in [0.1, 0.15) is 0 Å². The number of nitrogens with two attached hydrogens (primary N) is 1. The van der Waals surface area contributed by atoms with Crippen LogP contribution in [0.4, 0.5) is 17.8 Å². The lowest BCUT2D eigenvalue weighted by Gasteiger charge is -2.26. The molecule has 1 atom stereocenters. The van der Waals surface area contributed by atoms with Gasteiger partial charge in [-0.2, -0.15) is 15.0 Å². The minimum absolute atomic E-state index is 0.226. The van der Waals surface area contributed by atoms with E-state index in [4.69, 9.17) is 5.73 Å². The van der Waals surface area contributed by atoms with Crippen molar-refractivity contribution in [3.05, 3.63) is 0 Å². The molecule has 7 heteroatoms. The highest BCUT2D eigenvalue weighted by atomic mass is 16.3. The van der Waals surface area contributed by atoms with Crippen LogP contribution >= 0.6 is 0 Å². The summed E-state index contributed by atoms with van der Waals surface area (Å²) in [6, 6.07) is 0. The van der Waals surface area contributed by atoms with Crippen LogP contribution in [0.5, 0.6) is 0 Å². The first kappa shape index (κ1) is 13.4. The summed E-state index contributed by atoms with van der Waals surface area (Å²) in [5.74, 6) is 1.76. The molecule has 0 bridgehead atoms. The average Bonchev–Trinajstić information content (AvgIpc) is 3.30. The number of hydrogen-bond acceptors (Lipinski definition) is 7. The Morgan fingerprint density at radius 1 is 1.20 bits per heavy atom. The lowest BCUT2D eigenvalue weighted by atomic mass is 10.1. The highest BCUT2D eigenvalue weighted by molar-refractivity contribution is 5.42. The van der Waals surface area contributed by atoms with E-state index in [1.165, 1.54) is 6.42 Å². The molecule has 20 heavy (non-hydrogen) atoms. The summed E-state index contributed by atoms with van der Waals surface area (Å²) >= 11 is 0. The topological polar surface area (TPSA) is 100 Å². The fraction of sp³-hybridized carbons (Fsp3) is 0.769. The van der Waals surface area contributed by atoms with E-state index in [-0.39, 0.29) is 12.1 Å². The van der Waals surface area contributed by atoms with Crippen molar-refractivity contribution in [1.82, 2.24) is 15.0 Å². The van der Waals surface area contributed by atoms with Gasteiger partial charge in [-0.15, -0.1) is 0 Å². The van der Waals surface area contributed by atoms with Gasteiger partial charge in [0, 0.05) is 19.6 Å². The maximum atomic E-state index is 9.86. The largest absolute Gasteiger partial charge is 0.391 e. The number of rotatable bonds is 5. The Bertz CT molecular complexity index is 458. The van der Waals surface area contributed by atoms with Gasteiger partial charge < -0.3 is 21.1 Å². The molecule has 1 aromatic rings. The fourth-order valence-electron chi connectivity index (χ4n) is 2.54. The normalized spacial score (nSPS) is 20.8. The summed E-state index contributed by atoms with van der Waals surface area (Å²) in [4.78, 5) is 14.9. The third kappa shape index (κ3) is 3.27. The van der Waals surface area contributed by atoms with Crippen molar-refractivity contribution >= 4 is 17.8 Å². The van der Waals surface area contributed by atoms with Crippen LogP contribution in [0.15, 0.2) is 0 Å². The van der Waals surface area contributed by atoms with Crippen molar-refractivity contribution in [3.63, 3.8) is 0 Å². The van der Waals surface area contributed by atoms with Crippen molar-refractivity contribution in [3.8, 4) is 0 Å². The monoisotopic (exact) mass is 278 g/mol. The molecule has 2 aliphatic rings. The van der Waals surface area contributed by atoms with Crippen LogP contribution in [-0.2, 0) is 0 Å². The number of aliphatic hydroxyl groups is 1. The van der Waals surface area contributed by atoms with Crippen molar-refractivity contribution in [1.29, 1.82) is 0 Å². The van der Waals surface area contributed by atoms with Crippen LogP contribution in [0.25, 0.3) is 0 Å². The molecule has 2 fully saturated rings. The molecule has 1 unspecified atom stereocenters. The Labute approximate surface area is 118 Å². The van der Waals surface area contributed by atoms with Gasteiger partial charge in [0.25, 0.3) is 0 Å². The van der Waals surface area contributed by atoms with Gasteiger partial charge >= 0.3 is 0 Å². The highest BCUT2D eigenvalue weighted by Crippen LogP contribution is 2.32. The van der Waals surface area contributed by atoms with Crippen molar-refractivity contribution < 1.29 is 5.11 Å². The summed E-state index contributed by atoms with van der Waals surface area (Å²) in [7, 11) is 0. The first-order valence-electron chi connectivity index (χ1n) is 7.41. The molecule has 7 nitrogen and oxygen atoms in total. The number of nitrogens with zero attached hydrogens (tertiary/aromatic N) is 4. The molecule has 0 amide bonds. The van der Waals surface area contributed by atoms with E-state index in [1.54, 1.807) is 0 Å². The van der Waals surface area contributed by atoms with Gasteiger partial charge in [0.15, 0.2) is 0 Å². The summed E-state index contributed by atoms with van der Waals surface area (Å²) in [5.41, 5.74) is 5.75. The molecule has 1 aliphatic carbocycles. The van der Waals surface area contributed by atoms with E-state index < -0.39 is 0 Å². The number of aromatic nitrogens is 3. The number of nitrogen functional groups attached to an aromatic ring is 1. The van der Waals surface area contributed by atoms with Crippen molar-refractivity contribution in [2.75, 3.05) is 35.6 Å². The van der Waals surface area contributed by atoms with Crippen LogP contribution in [-0.4, -0.2) is 45.8 Å². The van der Waals surface area contributed by atoms with Gasteiger partial charge in [0.2, 0.25) is 17.8 Å². The molecular weight excluding hydrogens is 256 g/mol. The van der Waals surface area contributed by atoms with Gasteiger partial charge in [0.05, 0.1) is 6.10 Å². The second-order valence-corrected chi connectivity index (χ2v) is 5.65. The van der Waals surface area contributed by atoms with E-state index in [0.717, 1.165) is 38.8 Å². The van der Waals surface area contributed by atoms with Crippen LogP contribution in [0.1, 0.15) is 32.1 Å². The Morgan fingerprint density at radius 3 is 2.65 bits per heavy atom. The molecule has 1 saturated heterocycles. The molecule has 110 valence electrons. The smallest absolute Gasteiger partial charge is 0.231 e. The highest BCUT2D eigenvalue weighted by Gasteiger charge is 2.29. The van der Waals surface area contributed by atoms with Gasteiger partial charge in [-0.05, 0) is 38.0 Å². The first-order valence-corrected chi connectivity index (χ1v) is 7.41. The Morgan fingerprint density at radius 2 is 1.95 bits per heavy atom. The summed E-state index contributed by atoms with van der Waals surface area (Å²) in [5, 5.41) is 12.9. The van der Waals surface area contributed by atoms with E-state index >= 15 is 0 Å². The summed E-state index contributed by atoms with van der Waals surface area (Å²) in [6.45, 7) is 2.40. The Hall–Kier alpha value is -1.63. The summed E-state index contributed by atoms with van der Waals surface area (Å²) < 4.78 is 0. The van der Waals surface area contributed by atoms with Crippen LogP contribution in [0.3, 0.4) is 0 Å². The number of piperidine rings is 1. The second-order valence-electron chi connectivity index (χ2n) is 5.65. The quantitative estimate of drug-likeness (QED) is 0.726. The van der Waals surface area contributed by atoms with E-state index in [9.17, 15) is 5.11 Å². The fourth-order valence-corrected chi connectivity index (χ4v) is 2.54. The average molecular weight is 278 g/mol. The molecule has 1 saturated carbocycles. The third-order valence-electron chi connectivity index (χ3n) is 3.92. The standard InChI is InChI=1S/C13H22N6O/c14-11-16-12(15-8-10(20)9-4-5-9)18-13(17-11)19-6-2-1-3-7-19/h9-10,20H,1-8H2,(H3,14,15,16,17,18). The lowest BCUT2D eigenvalue weighted by Crippen LogP contribution is -2.32. The molecular formula is C13H22N6O. The van der Waals surface area contributed by atoms with Crippen LogP contribution < -0.4 is 16.0 Å². The number of hydrogen-bond donors (Lipinski definition) is 3. The zero-order valence-corrected chi connectivity index (χ0v) is 11.6. The first-order chi connectivity index (χ1) is 9.72. The maximum Gasteiger partial charge on any atom is 0.231 e. The zero-order chi connectivity index (χ0) is 13.9. The van der Waals surface area contributed by atoms with E-state index in [1.807, 2.05) is 0 Å². The molecule has 2 heterocycles. The van der Waals surface area contributed by atoms with Crippen molar-refractivity contribution in [2.24, 2.45) is 5.92 Å². The van der Waals surface area contributed by atoms with E-state index in [2.05, 4.69) is 25.2 Å². The third-order valence-corrected chi connectivity index (χ3v) is 3.92. The Balaban J connectivity index is 1.65. The van der Waals surface area contributed by atoms with Gasteiger partial charge in [-0.25, -0.2) is 0 Å². The van der Waals surface area contributed by atoms with Gasteiger partial charge in [-0.3, -0.25) is 0 Å². The molecule has 0 spiro atoms.